The maximum Gasteiger partial charge on any atom is 0.140 e. The molecule has 0 heterocycles. The first kappa shape index (κ1) is 30.0. The normalized spacial score (nSPS) is 13.1. The van der Waals surface area contributed by atoms with E-state index in [-0.39, 0.29) is 12.4 Å². The van der Waals surface area contributed by atoms with Crippen molar-refractivity contribution in [3.63, 3.8) is 0 Å². The monoisotopic (exact) mass is 473 g/mol. The lowest BCUT2D eigenvalue weighted by Gasteiger charge is -2.34. The molecule has 0 aliphatic heterocycles. The van der Waals surface area contributed by atoms with Crippen LogP contribution in [0.1, 0.15) is 117 Å². The van der Waals surface area contributed by atoms with Crippen molar-refractivity contribution in [3.8, 4) is 0 Å². The van der Waals surface area contributed by atoms with Gasteiger partial charge in [-0.15, -0.1) is 0 Å². The number of fused-ring (bicyclic) bond motifs is 1. The maximum atomic E-state index is 2.42. The van der Waals surface area contributed by atoms with Crippen LogP contribution in [0.2, 0.25) is 0 Å². The molecule has 2 aromatic carbocycles. The summed E-state index contributed by atoms with van der Waals surface area (Å²) in [4.78, 5) is 0. The van der Waals surface area contributed by atoms with E-state index in [0.29, 0.717) is 0 Å². The Morgan fingerprint density at radius 3 is 1.52 bits per heavy atom. The van der Waals surface area contributed by atoms with E-state index in [0.717, 1.165) is 11.0 Å². The first-order chi connectivity index (χ1) is 15.7. The Bertz CT molecular complexity index is 722. The standard InChI is InChI=1S/C31H52N.ClH/c1-4-6-7-8-9-10-11-12-13-14-15-16-17-18-19-22-28-32(3,5-2)31-27-23-25-29-24-20-21-26-30(29)31;/h20-21,23-27H,4-19,22,28H2,1-3H3;1H/q+1;/p-1. The summed E-state index contributed by atoms with van der Waals surface area (Å²) in [5, 5.41) is 2.80. The lowest BCUT2D eigenvalue weighted by Crippen LogP contribution is -3.00. The van der Waals surface area contributed by atoms with Gasteiger partial charge < -0.3 is 12.4 Å². The minimum atomic E-state index is 0. The van der Waals surface area contributed by atoms with E-state index in [2.05, 4.69) is 63.4 Å². The molecule has 0 fully saturated rings. The molecule has 2 aromatic rings. The molecule has 1 atom stereocenters. The molecular formula is C31H52ClN. The number of nitrogens with zero attached hydrogens (tertiary/aromatic N) is 1. The van der Waals surface area contributed by atoms with Crippen LogP contribution in [0.5, 0.6) is 0 Å². The maximum absolute atomic E-state index is 2.42. The second-order valence-corrected chi connectivity index (χ2v) is 10.2. The zero-order chi connectivity index (χ0) is 22.9. The van der Waals surface area contributed by atoms with E-state index in [1.165, 1.54) is 126 Å². The number of hydrogen-bond acceptors (Lipinski definition) is 0. The molecular weight excluding hydrogens is 422 g/mol. The van der Waals surface area contributed by atoms with Crippen molar-refractivity contribution < 1.29 is 12.4 Å². The molecule has 1 unspecified atom stereocenters. The van der Waals surface area contributed by atoms with Crippen LogP contribution in [-0.4, -0.2) is 20.1 Å². The van der Waals surface area contributed by atoms with Gasteiger partial charge in [-0.25, -0.2) is 0 Å². The molecule has 0 aliphatic rings. The van der Waals surface area contributed by atoms with Gasteiger partial charge in [-0.2, -0.15) is 0 Å². The highest BCUT2D eigenvalue weighted by Crippen LogP contribution is 2.31. The van der Waals surface area contributed by atoms with Gasteiger partial charge in [0.05, 0.1) is 20.1 Å². The van der Waals surface area contributed by atoms with E-state index in [9.17, 15) is 0 Å². The van der Waals surface area contributed by atoms with Crippen LogP contribution >= 0.6 is 0 Å². The molecule has 0 saturated heterocycles. The second-order valence-electron chi connectivity index (χ2n) is 10.2. The Morgan fingerprint density at radius 2 is 1.00 bits per heavy atom. The molecule has 33 heavy (non-hydrogen) atoms. The Kier molecular flexibility index (Phi) is 16.6. The Morgan fingerprint density at radius 1 is 0.545 bits per heavy atom. The molecule has 0 radical (unpaired) electrons. The number of rotatable bonds is 19. The largest absolute Gasteiger partial charge is 1.00 e. The van der Waals surface area contributed by atoms with Gasteiger partial charge >= 0.3 is 0 Å². The van der Waals surface area contributed by atoms with Crippen molar-refractivity contribution in [2.24, 2.45) is 0 Å². The third-order valence-corrected chi connectivity index (χ3v) is 7.55. The number of benzene rings is 2. The van der Waals surface area contributed by atoms with E-state index >= 15 is 0 Å². The fourth-order valence-corrected chi connectivity index (χ4v) is 5.14. The number of quaternary nitrogens is 1. The molecule has 0 saturated carbocycles. The molecule has 0 amide bonds. The van der Waals surface area contributed by atoms with E-state index < -0.39 is 0 Å². The minimum absolute atomic E-state index is 0. The number of unbranched alkanes of at least 4 members (excludes halogenated alkanes) is 15. The van der Waals surface area contributed by atoms with Crippen molar-refractivity contribution in [1.82, 2.24) is 4.48 Å². The molecule has 0 aromatic heterocycles. The van der Waals surface area contributed by atoms with E-state index in [4.69, 9.17) is 0 Å². The molecule has 0 bridgehead atoms. The van der Waals surface area contributed by atoms with Crippen LogP contribution in [0.4, 0.5) is 5.69 Å². The minimum Gasteiger partial charge on any atom is -1.00 e. The Hall–Kier alpha value is -1.05. The molecule has 0 aliphatic carbocycles. The molecule has 0 spiro atoms. The van der Waals surface area contributed by atoms with Crippen LogP contribution in [0.25, 0.3) is 10.8 Å². The number of halogens is 1. The first-order valence-electron chi connectivity index (χ1n) is 14.0. The molecule has 188 valence electrons. The van der Waals surface area contributed by atoms with Crippen LogP contribution in [0.15, 0.2) is 42.5 Å². The highest BCUT2D eigenvalue weighted by atomic mass is 35.5. The van der Waals surface area contributed by atoms with Gasteiger partial charge in [0.2, 0.25) is 0 Å². The topological polar surface area (TPSA) is 0 Å². The summed E-state index contributed by atoms with van der Waals surface area (Å²) in [7, 11) is 2.42. The van der Waals surface area contributed by atoms with Gasteiger partial charge in [0, 0.05) is 5.39 Å². The van der Waals surface area contributed by atoms with Crippen molar-refractivity contribution in [3.05, 3.63) is 42.5 Å². The van der Waals surface area contributed by atoms with Crippen molar-refractivity contribution in [1.29, 1.82) is 0 Å². The molecule has 2 heteroatoms. The van der Waals surface area contributed by atoms with Gasteiger partial charge in [-0.05, 0) is 37.3 Å². The fraction of sp³-hybridized carbons (Fsp3) is 0.677. The quantitative estimate of drug-likeness (QED) is 0.151. The van der Waals surface area contributed by atoms with Crippen molar-refractivity contribution >= 4 is 16.5 Å². The van der Waals surface area contributed by atoms with Crippen LogP contribution in [0.3, 0.4) is 0 Å². The summed E-state index contributed by atoms with van der Waals surface area (Å²) in [5.41, 5.74) is 1.49. The average Bonchev–Trinajstić information content (AvgIpc) is 2.83. The van der Waals surface area contributed by atoms with Crippen LogP contribution in [-0.2, 0) is 0 Å². The summed E-state index contributed by atoms with van der Waals surface area (Å²) in [6.45, 7) is 7.05. The van der Waals surface area contributed by atoms with Crippen LogP contribution < -0.4 is 16.9 Å². The molecule has 2 rings (SSSR count). The van der Waals surface area contributed by atoms with Gasteiger partial charge in [-0.1, -0.05) is 127 Å². The van der Waals surface area contributed by atoms with Gasteiger partial charge in [0.1, 0.15) is 5.69 Å². The smallest absolute Gasteiger partial charge is 0.140 e. The van der Waals surface area contributed by atoms with Crippen LogP contribution in [0, 0.1) is 0 Å². The zero-order valence-corrected chi connectivity index (χ0v) is 22.9. The predicted octanol–water partition coefficient (Wildman–Crippen LogP) is 7.06. The lowest BCUT2D eigenvalue weighted by atomic mass is 10.0. The summed E-state index contributed by atoms with van der Waals surface area (Å²) >= 11 is 0. The second kappa shape index (κ2) is 18.3. The molecule has 1 nitrogen and oxygen atoms in total. The van der Waals surface area contributed by atoms with Gasteiger partial charge in [0.25, 0.3) is 0 Å². The van der Waals surface area contributed by atoms with E-state index in [1.54, 1.807) is 0 Å². The fourth-order valence-electron chi connectivity index (χ4n) is 5.14. The number of hydrogen-bond donors (Lipinski definition) is 0. The predicted molar refractivity (Wildman–Crippen MR) is 147 cm³/mol. The van der Waals surface area contributed by atoms with Crippen molar-refractivity contribution in [2.75, 3.05) is 20.1 Å². The lowest BCUT2D eigenvalue weighted by molar-refractivity contribution is -0.00000689. The first-order valence-corrected chi connectivity index (χ1v) is 14.0. The third-order valence-electron chi connectivity index (χ3n) is 7.55. The summed E-state index contributed by atoms with van der Waals surface area (Å²) in [6.07, 6.45) is 23.0. The Balaban J connectivity index is 0.00000544. The SMILES string of the molecule is CCCCCCCCCCCCCCCCCC[N+](C)(CC)c1cccc2ccccc12.[Cl-]. The average molecular weight is 474 g/mol. The highest BCUT2D eigenvalue weighted by Gasteiger charge is 2.24. The molecule has 0 N–H and O–H groups in total. The Labute approximate surface area is 212 Å². The summed E-state index contributed by atoms with van der Waals surface area (Å²) < 4.78 is 1.06. The van der Waals surface area contributed by atoms with E-state index in [1.807, 2.05) is 0 Å². The highest BCUT2D eigenvalue weighted by molar-refractivity contribution is 5.93. The third kappa shape index (κ3) is 11.3. The zero-order valence-electron chi connectivity index (χ0n) is 22.1. The summed E-state index contributed by atoms with van der Waals surface area (Å²) in [6, 6.07) is 15.7. The van der Waals surface area contributed by atoms with Crippen molar-refractivity contribution in [2.45, 2.75) is 117 Å². The van der Waals surface area contributed by atoms with Gasteiger partial charge in [0.15, 0.2) is 0 Å². The summed E-state index contributed by atoms with van der Waals surface area (Å²) in [5.74, 6) is 0. The van der Waals surface area contributed by atoms with Gasteiger partial charge in [-0.3, -0.25) is 4.48 Å².